The first-order chi connectivity index (χ1) is 14.8. The molecule has 3 aromatic rings. The van der Waals surface area contributed by atoms with Crippen LogP contribution in [0.3, 0.4) is 0 Å². The molecule has 0 aliphatic carbocycles. The predicted octanol–water partition coefficient (Wildman–Crippen LogP) is 5.34. The third-order valence-electron chi connectivity index (χ3n) is 3.88. The summed E-state index contributed by atoms with van der Waals surface area (Å²) in [5.74, 6) is 0.722. The van der Waals surface area contributed by atoms with E-state index in [0.29, 0.717) is 32.2 Å². The van der Waals surface area contributed by atoms with Crippen molar-refractivity contribution in [3.05, 3.63) is 95.6 Å². The van der Waals surface area contributed by atoms with E-state index in [1.807, 2.05) is 0 Å². The number of halogens is 2. The average molecular weight is 507 g/mol. The molecule has 10 nitrogen and oxygen atoms in total. The van der Waals surface area contributed by atoms with Crippen LogP contribution in [0.5, 0.6) is 5.75 Å². The quantitative estimate of drug-likeness (QED) is 0.248. The Labute approximate surface area is 189 Å². The lowest BCUT2D eigenvalue weighted by Gasteiger charge is -2.11. The molecule has 0 bridgehead atoms. The number of nitro benzene ring substituents is 1. The molecular weight excluding hydrogens is 494 g/mol. The van der Waals surface area contributed by atoms with Crippen molar-refractivity contribution in [3.8, 4) is 5.75 Å². The Kier molecular flexibility index (Phi) is 7.11. The van der Waals surface area contributed by atoms with Crippen molar-refractivity contribution >= 4 is 50.9 Å². The van der Waals surface area contributed by atoms with Crippen molar-refractivity contribution in [2.45, 2.75) is 6.61 Å². The first-order valence-electron chi connectivity index (χ1n) is 8.58. The number of hydrazone groups is 1. The fraction of sp³-hybridized carbons (Fsp3) is 0.0526. The zero-order valence-corrected chi connectivity index (χ0v) is 17.9. The van der Waals surface area contributed by atoms with Gasteiger partial charge in [0.25, 0.3) is 11.4 Å². The molecule has 0 radical (unpaired) electrons. The Balaban J connectivity index is 1.65. The summed E-state index contributed by atoms with van der Waals surface area (Å²) in [5.41, 5.74) is 3.80. The van der Waals surface area contributed by atoms with Crippen molar-refractivity contribution < 1.29 is 14.6 Å². The van der Waals surface area contributed by atoms with E-state index in [1.165, 1.54) is 30.5 Å². The first-order valence-corrected chi connectivity index (χ1v) is 9.75. The number of hydrogen-bond donors (Lipinski definition) is 1. The highest BCUT2D eigenvalue weighted by Gasteiger charge is 2.11. The second kappa shape index (κ2) is 9.96. The van der Waals surface area contributed by atoms with Gasteiger partial charge in [-0.2, -0.15) is 5.10 Å². The monoisotopic (exact) mass is 505 g/mol. The van der Waals surface area contributed by atoms with Gasteiger partial charge in [0, 0.05) is 18.2 Å². The third-order valence-corrected chi connectivity index (χ3v) is 4.75. The normalized spacial score (nSPS) is 10.8. The number of nitro groups is 2. The largest absolute Gasteiger partial charge is 0.486 e. The lowest BCUT2D eigenvalue weighted by atomic mass is 10.2. The number of nitrogens with one attached hydrogen (secondary N) is 1. The minimum absolute atomic E-state index is 0.0205. The van der Waals surface area contributed by atoms with E-state index in [0.717, 1.165) is 6.20 Å². The highest BCUT2D eigenvalue weighted by molar-refractivity contribution is 9.10. The van der Waals surface area contributed by atoms with Gasteiger partial charge < -0.3 is 4.74 Å². The number of pyridine rings is 1. The Morgan fingerprint density at radius 3 is 2.55 bits per heavy atom. The van der Waals surface area contributed by atoms with Gasteiger partial charge in [-0.3, -0.25) is 25.7 Å². The summed E-state index contributed by atoms with van der Waals surface area (Å²) in [4.78, 5) is 24.4. The Hall–Kier alpha value is -3.57. The molecule has 0 aliphatic heterocycles. The van der Waals surface area contributed by atoms with Crippen molar-refractivity contribution in [2.24, 2.45) is 5.10 Å². The number of ether oxygens (including phenoxy) is 1. The number of rotatable bonds is 8. The standard InChI is InChI=1S/C19H13BrClN5O5/c20-16-7-13(9-23-24-18-5-4-15(10-22-18)26(29)30)8-17(21)19(16)31-11-12-2-1-3-14(6-12)25(27)28/h1-10H,11H2,(H,22,24)/b23-9+. The summed E-state index contributed by atoms with van der Waals surface area (Å²) in [6, 6.07) is 12.2. The average Bonchev–Trinajstić information content (AvgIpc) is 2.73. The highest BCUT2D eigenvalue weighted by Crippen LogP contribution is 2.35. The summed E-state index contributed by atoms with van der Waals surface area (Å²) in [6.07, 6.45) is 2.61. The van der Waals surface area contributed by atoms with Crippen LogP contribution in [0.1, 0.15) is 11.1 Å². The molecule has 1 N–H and O–H groups in total. The molecule has 1 aromatic heterocycles. The molecule has 0 saturated heterocycles. The van der Waals surface area contributed by atoms with Crippen LogP contribution < -0.4 is 10.2 Å². The van der Waals surface area contributed by atoms with Crippen LogP contribution in [0.2, 0.25) is 5.02 Å². The lowest BCUT2D eigenvalue weighted by molar-refractivity contribution is -0.385. The van der Waals surface area contributed by atoms with Gasteiger partial charge in [-0.25, -0.2) is 4.98 Å². The summed E-state index contributed by atoms with van der Waals surface area (Å²) in [6.45, 7) is 0.0980. The van der Waals surface area contributed by atoms with Gasteiger partial charge in [-0.05, 0) is 45.3 Å². The molecule has 31 heavy (non-hydrogen) atoms. The highest BCUT2D eigenvalue weighted by atomic mass is 79.9. The fourth-order valence-corrected chi connectivity index (χ4v) is 3.43. The minimum Gasteiger partial charge on any atom is -0.486 e. The second-order valence-electron chi connectivity index (χ2n) is 6.06. The molecule has 0 amide bonds. The second-order valence-corrected chi connectivity index (χ2v) is 7.32. The smallest absolute Gasteiger partial charge is 0.287 e. The first kappa shape index (κ1) is 22.1. The van der Waals surface area contributed by atoms with E-state index in [9.17, 15) is 20.2 Å². The van der Waals surface area contributed by atoms with Crippen molar-refractivity contribution in [2.75, 3.05) is 5.43 Å². The van der Waals surface area contributed by atoms with Crippen molar-refractivity contribution in [1.29, 1.82) is 0 Å². The molecule has 158 valence electrons. The number of nitrogens with zero attached hydrogens (tertiary/aromatic N) is 4. The number of aromatic nitrogens is 1. The maximum Gasteiger partial charge on any atom is 0.287 e. The third kappa shape index (κ3) is 5.96. The van der Waals surface area contributed by atoms with Crippen LogP contribution in [-0.4, -0.2) is 21.0 Å². The maximum absolute atomic E-state index is 10.9. The topological polar surface area (TPSA) is 133 Å². The van der Waals surface area contributed by atoms with E-state index >= 15 is 0 Å². The number of hydrogen-bond acceptors (Lipinski definition) is 8. The van der Waals surface area contributed by atoms with Gasteiger partial charge in [-0.15, -0.1) is 0 Å². The molecule has 3 rings (SSSR count). The summed E-state index contributed by atoms with van der Waals surface area (Å²) < 4.78 is 6.29. The maximum atomic E-state index is 10.9. The van der Waals surface area contributed by atoms with Crippen molar-refractivity contribution in [1.82, 2.24) is 4.98 Å². The zero-order chi connectivity index (χ0) is 22.4. The van der Waals surface area contributed by atoms with Crippen LogP contribution in [0.15, 0.2) is 64.3 Å². The Morgan fingerprint density at radius 2 is 1.90 bits per heavy atom. The number of benzene rings is 2. The van der Waals surface area contributed by atoms with Gasteiger partial charge in [-0.1, -0.05) is 23.7 Å². The van der Waals surface area contributed by atoms with Crippen molar-refractivity contribution in [3.63, 3.8) is 0 Å². The molecular formula is C19H13BrClN5O5. The Bertz CT molecular complexity index is 1130. The van der Waals surface area contributed by atoms with E-state index in [4.69, 9.17) is 16.3 Å². The van der Waals surface area contributed by atoms with E-state index in [-0.39, 0.29) is 18.0 Å². The van der Waals surface area contributed by atoms with E-state index in [1.54, 1.807) is 24.3 Å². The number of non-ortho nitro benzene ring substituents is 1. The molecule has 0 aliphatic rings. The molecule has 0 spiro atoms. The van der Waals surface area contributed by atoms with Gasteiger partial charge in [0.05, 0.1) is 25.6 Å². The SMILES string of the molecule is O=[N+]([O-])c1ccc(N/N=C/c2cc(Cl)c(OCc3cccc([N+](=O)[O-])c3)c(Br)c2)nc1. The Morgan fingerprint density at radius 1 is 1.13 bits per heavy atom. The molecule has 0 unspecified atom stereocenters. The lowest BCUT2D eigenvalue weighted by Crippen LogP contribution is -1.99. The van der Waals surface area contributed by atoms with Crippen LogP contribution in [0.25, 0.3) is 0 Å². The molecule has 0 saturated carbocycles. The van der Waals surface area contributed by atoms with Crippen LogP contribution >= 0.6 is 27.5 Å². The summed E-state index contributed by atoms with van der Waals surface area (Å²) in [7, 11) is 0. The predicted molar refractivity (Wildman–Crippen MR) is 119 cm³/mol. The molecule has 12 heteroatoms. The summed E-state index contributed by atoms with van der Waals surface area (Å²) >= 11 is 9.70. The van der Waals surface area contributed by atoms with Crippen LogP contribution in [0.4, 0.5) is 17.2 Å². The van der Waals surface area contributed by atoms with E-state index < -0.39 is 9.85 Å². The van der Waals surface area contributed by atoms with Gasteiger partial charge in [0.2, 0.25) is 0 Å². The molecule has 0 atom stereocenters. The van der Waals surface area contributed by atoms with Crippen LogP contribution in [0, 0.1) is 20.2 Å². The minimum atomic E-state index is -0.539. The molecule has 2 aromatic carbocycles. The summed E-state index contributed by atoms with van der Waals surface area (Å²) in [5, 5.41) is 25.9. The molecule has 1 heterocycles. The zero-order valence-electron chi connectivity index (χ0n) is 15.6. The van der Waals surface area contributed by atoms with E-state index in [2.05, 4.69) is 31.4 Å². The van der Waals surface area contributed by atoms with Gasteiger partial charge in [0.1, 0.15) is 18.6 Å². The number of anilines is 1. The fourth-order valence-electron chi connectivity index (χ4n) is 2.44. The van der Waals surface area contributed by atoms with Gasteiger partial charge in [0.15, 0.2) is 5.75 Å². The van der Waals surface area contributed by atoms with Gasteiger partial charge >= 0.3 is 0 Å². The molecule has 0 fully saturated rings. The van der Waals surface area contributed by atoms with Crippen LogP contribution in [-0.2, 0) is 6.61 Å².